The lowest BCUT2D eigenvalue weighted by Crippen LogP contribution is -1.82. The van der Waals surface area contributed by atoms with Crippen LogP contribution in [0.15, 0.2) is 35.6 Å². The number of carbonyl (C=O) groups excluding carboxylic acids is 1. The molecule has 82 valence electrons. The second kappa shape index (κ2) is 3.89. The van der Waals surface area contributed by atoms with Gasteiger partial charge in [-0.25, -0.2) is 4.79 Å². The first-order valence-corrected chi connectivity index (χ1v) is 5.54. The van der Waals surface area contributed by atoms with Crippen molar-refractivity contribution in [2.24, 2.45) is 4.99 Å². The van der Waals surface area contributed by atoms with E-state index < -0.39 is 0 Å². The summed E-state index contributed by atoms with van der Waals surface area (Å²) < 4.78 is 1.58. The fourth-order valence-corrected chi connectivity index (χ4v) is 2.32. The molecule has 0 unspecified atom stereocenters. The molecule has 2 heterocycles. The molecular weight excluding hydrogens is 238 g/mol. The maximum Gasteiger partial charge on any atom is 0.240 e. The molecule has 0 aliphatic heterocycles. The molecule has 2 aromatic heterocycles. The molecule has 0 fully saturated rings. The van der Waals surface area contributed by atoms with Crippen molar-refractivity contribution in [2.45, 2.75) is 0 Å². The standard InChI is InChI=1S/C10H5N5OS/c16-6-11-8-4-2-1-3-7(8)9-14-15-5-12-13-10(15)17-9/h1-5H. The molecule has 1 aromatic carbocycles. The number of aliphatic imine (C=N–C) groups is 1. The number of aromatic nitrogens is 4. The fraction of sp³-hybridized carbons (Fsp3) is 0. The summed E-state index contributed by atoms with van der Waals surface area (Å²) in [5.74, 6) is 0. The first-order valence-electron chi connectivity index (χ1n) is 4.72. The average molecular weight is 243 g/mol. The van der Waals surface area contributed by atoms with Crippen molar-refractivity contribution in [3.63, 3.8) is 0 Å². The molecule has 3 aromatic rings. The normalized spacial score (nSPS) is 10.4. The molecule has 7 heteroatoms. The van der Waals surface area contributed by atoms with Crippen molar-refractivity contribution in [3.05, 3.63) is 30.6 Å². The van der Waals surface area contributed by atoms with E-state index in [4.69, 9.17) is 0 Å². The molecule has 3 rings (SSSR count). The molecule has 6 nitrogen and oxygen atoms in total. The van der Waals surface area contributed by atoms with E-state index in [1.807, 2.05) is 12.1 Å². The van der Waals surface area contributed by atoms with Crippen LogP contribution >= 0.6 is 11.3 Å². The molecule has 0 saturated heterocycles. The maximum atomic E-state index is 10.3. The molecule has 0 atom stereocenters. The summed E-state index contributed by atoms with van der Waals surface area (Å²) in [4.78, 5) is 14.7. The maximum absolute atomic E-state index is 10.3. The molecule has 0 radical (unpaired) electrons. The minimum Gasteiger partial charge on any atom is -0.211 e. The summed E-state index contributed by atoms with van der Waals surface area (Å²) >= 11 is 1.39. The van der Waals surface area contributed by atoms with Crippen LogP contribution in [0.1, 0.15) is 0 Å². The Labute approximate surface area is 99.3 Å². The summed E-state index contributed by atoms with van der Waals surface area (Å²) in [5, 5.41) is 12.7. The van der Waals surface area contributed by atoms with E-state index in [0.29, 0.717) is 10.6 Å². The van der Waals surface area contributed by atoms with Gasteiger partial charge >= 0.3 is 0 Å². The van der Waals surface area contributed by atoms with Gasteiger partial charge in [-0.2, -0.15) is 14.6 Å². The van der Waals surface area contributed by atoms with Crippen molar-refractivity contribution < 1.29 is 4.79 Å². The van der Waals surface area contributed by atoms with Crippen molar-refractivity contribution in [3.8, 4) is 10.6 Å². The van der Waals surface area contributed by atoms with Crippen LogP contribution in [-0.4, -0.2) is 25.9 Å². The van der Waals surface area contributed by atoms with E-state index in [0.717, 1.165) is 10.6 Å². The van der Waals surface area contributed by atoms with Gasteiger partial charge in [0, 0.05) is 5.56 Å². The van der Waals surface area contributed by atoms with E-state index in [-0.39, 0.29) is 0 Å². The zero-order valence-corrected chi connectivity index (χ0v) is 9.26. The van der Waals surface area contributed by atoms with E-state index in [1.165, 1.54) is 23.7 Å². The second-order valence-electron chi connectivity index (χ2n) is 3.19. The summed E-state index contributed by atoms with van der Waals surface area (Å²) in [6.45, 7) is 0. The third-order valence-electron chi connectivity index (χ3n) is 2.19. The summed E-state index contributed by atoms with van der Waals surface area (Å²) in [6.07, 6.45) is 3.07. The zero-order valence-electron chi connectivity index (χ0n) is 8.44. The summed E-state index contributed by atoms with van der Waals surface area (Å²) in [5.41, 5.74) is 1.33. The Morgan fingerprint density at radius 3 is 3.06 bits per heavy atom. The van der Waals surface area contributed by atoms with Gasteiger partial charge in [0.1, 0.15) is 11.3 Å². The minimum absolute atomic E-state index is 0.549. The van der Waals surface area contributed by atoms with Crippen LogP contribution in [0, 0.1) is 0 Å². The SMILES string of the molecule is O=C=Nc1ccccc1-c1nn2cnnc2s1. The molecule has 0 bridgehead atoms. The van der Waals surface area contributed by atoms with Crippen LogP contribution in [0.2, 0.25) is 0 Å². The van der Waals surface area contributed by atoms with E-state index in [1.54, 1.807) is 16.6 Å². The lowest BCUT2D eigenvalue weighted by molar-refractivity contribution is 0.565. The van der Waals surface area contributed by atoms with Gasteiger partial charge in [0.25, 0.3) is 0 Å². The predicted octanol–water partition coefficient (Wildman–Crippen LogP) is 1.82. The van der Waals surface area contributed by atoms with Crippen LogP contribution in [0.4, 0.5) is 5.69 Å². The molecule has 0 amide bonds. The number of hydrogen-bond acceptors (Lipinski definition) is 6. The number of para-hydroxylation sites is 1. The summed E-state index contributed by atoms with van der Waals surface area (Å²) in [6, 6.07) is 7.26. The Kier molecular flexibility index (Phi) is 2.25. The van der Waals surface area contributed by atoms with Gasteiger partial charge in [-0.15, -0.1) is 10.2 Å². The van der Waals surface area contributed by atoms with Gasteiger partial charge in [-0.3, -0.25) is 0 Å². The largest absolute Gasteiger partial charge is 0.240 e. The number of hydrogen-bond donors (Lipinski definition) is 0. The number of fused-ring (bicyclic) bond motifs is 1. The lowest BCUT2D eigenvalue weighted by atomic mass is 10.2. The van der Waals surface area contributed by atoms with Crippen molar-refractivity contribution in [1.82, 2.24) is 19.8 Å². The molecule has 0 N–H and O–H groups in total. The molecule has 0 aliphatic rings. The third-order valence-corrected chi connectivity index (χ3v) is 3.13. The number of benzene rings is 1. The van der Waals surface area contributed by atoms with Crippen molar-refractivity contribution in [2.75, 3.05) is 0 Å². The molecular formula is C10H5N5OS. The highest BCUT2D eigenvalue weighted by Gasteiger charge is 2.10. The van der Waals surface area contributed by atoms with E-state index in [9.17, 15) is 4.79 Å². The highest BCUT2D eigenvalue weighted by molar-refractivity contribution is 7.19. The Balaban J connectivity index is 2.21. The topological polar surface area (TPSA) is 72.5 Å². The lowest BCUT2D eigenvalue weighted by Gasteiger charge is -1.98. The smallest absolute Gasteiger partial charge is 0.211 e. The first-order chi connectivity index (χ1) is 8.38. The van der Waals surface area contributed by atoms with Gasteiger partial charge < -0.3 is 0 Å². The Morgan fingerprint density at radius 1 is 1.35 bits per heavy atom. The minimum atomic E-state index is 0.549. The van der Waals surface area contributed by atoms with Gasteiger partial charge in [-0.05, 0) is 12.1 Å². The van der Waals surface area contributed by atoms with Crippen molar-refractivity contribution in [1.29, 1.82) is 0 Å². The predicted molar refractivity (Wildman–Crippen MR) is 61.9 cm³/mol. The third kappa shape index (κ3) is 1.63. The molecule has 0 spiro atoms. The Morgan fingerprint density at radius 2 is 2.24 bits per heavy atom. The molecule has 0 aliphatic carbocycles. The van der Waals surface area contributed by atoms with Crippen LogP contribution in [0.3, 0.4) is 0 Å². The van der Waals surface area contributed by atoms with E-state index in [2.05, 4.69) is 20.3 Å². The Hall–Kier alpha value is -2.37. The second-order valence-corrected chi connectivity index (χ2v) is 4.14. The highest BCUT2D eigenvalue weighted by atomic mass is 32.1. The highest BCUT2D eigenvalue weighted by Crippen LogP contribution is 2.32. The number of rotatable bonds is 2. The van der Waals surface area contributed by atoms with Gasteiger partial charge in [0.2, 0.25) is 11.0 Å². The van der Waals surface area contributed by atoms with Crippen LogP contribution in [0.25, 0.3) is 15.5 Å². The Bertz CT molecular complexity index is 696. The van der Waals surface area contributed by atoms with E-state index >= 15 is 0 Å². The fourth-order valence-electron chi connectivity index (χ4n) is 1.47. The molecule has 0 saturated carbocycles. The van der Waals surface area contributed by atoms with Crippen molar-refractivity contribution >= 4 is 28.1 Å². The first kappa shape index (κ1) is 9.83. The monoisotopic (exact) mass is 243 g/mol. The average Bonchev–Trinajstić information content (AvgIpc) is 2.90. The number of nitrogens with zero attached hydrogens (tertiary/aromatic N) is 5. The summed E-state index contributed by atoms with van der Waals surface area (Å²) in [7, 11) is 0. The quantitative estimate of drug-likeness (QED) is 0.508. The van der Waals surface area contributed by atoms with Crippen LogP contribution in [-0.2, 0) is 4.79 Å². The number of isocyanates is 1. The zero-order chi connectivity index (χ0) is 11.7. The van der Waals surface area contributed by atoms with Gasteiger partial charge in [-0.1, -0.05) is 23.5 Å². The van der Waals surface area contributed by atoms with Crippen LogP contribution < -0.4 is 0 Å². The molecule has 17 heavy (non-hydrogen) atoms. The van der Waals surface area contributed by atoms with Gasteiger partial charge in [0.15, 0.2) is 0 Å². The van der Waals surface area contributed by atoms with Gasteiger partial charge in [0.05, 0.1) is 5.69 Å². The van der Waals surface area contributed by atoms with Crippen LogP contribution in [0.5, 0.6) is 0 Å².